The average molecular weight is 249 g/mol. The van der Waals surface area contributed by atoms with Crippen molar-refractivity contribution in [3.05, 3.63) is 35.9 Å². The number of alkyl carbamates (subject to hydrolysis) is 1. The van der Waals surface area contributed by atoms with E-state index in [1.165, 1.54) is 0 Å². The van der Waals surface area contributed by atoms with E-state index in [1.807, 2.05) is 44.2 Å². The summed E-state index contributed by atoms with van der Waals surface area (Å²) in [5.41, 5.74) is 1.02. The van der Waals surface area contributed by atoms with Gasteiger partial charge in [0.05, 0.1) is 0 Å². The maximum Gasteiger partial charge on any atom is 0.407 e. The number of carbonyl (C=O) groups is 1. The normalized spacial score (nSPS) is 14.7. The quantitative estimate of drug-likeness (QED) is 0.882. The fraction of sp³-hybridized carbons (Fsp3) is 0.533. The SMILES string of the molecule is CC(OC(=O)NC(C)C(C)(C)C)c1ccccc1. The van der Waals surface area contributed by atoms with Crippen LogP contribution in [0.5, 0.6) is 0 Å². The predicted octanol–water partition coefficient (Wildman–Crippen LogP) is 3.91. The molecule has 0 saturated heterocycles. The molecular weight excluding hydrogens is 226 g/mol. The van der Waals surface area contributed by atoms with Gasteiger partial charge in [0, 0.05) is 6.04 Å². The number of carbonyl (C=O) groups excluding carboxylic acids is 1. The van der Waals surface area contributed by atoms with E-state index in [1.54, 1.807) is 0 Å². The summed E-state index contributed by atoms with van der Waals surface area (Å²) < 4.78 is 5.35. The Kier molecular flexibility index (Phi) is 4.76. The summed E-state index contributed by atoms with van der Waals surface area (Å²) in [6.45, 7) is 10.1. The van der Waals surface area contributed by atoms with Crippen LogP contribution >= 0.6 is 0 Å². The van der Waals surface area contributed by atoms with Crippen LogP contribution in [0.3, 0.4) is 0 Å². The lowest BCUT2D eigenvalue weighted by atomic mass is 9.88. The molecule has 1 aromatic carbocycles. The summed E-state index contributed by atoms with van der Waals surface area (Å²) in [6, 6.07) is 9.78. The first-order valence-electron chi connectivity index (χ1n) is 6.33. The highest BCUT2D eigenvalue weighted by molar-refractivity contribution is 5.68. The molecule has 1 aromatic rings. The molecule has 0 aliphatic heterocycles. The van der Waals surface area contributed by atoms with Crippen LogP contribution in [0.15, 0.2) is 30.3 Å². The first-order chi connectivity index (χ1) is 8.30. The van der Waals surface area contributed by atoms with Crippen LogP contribution in [-0.2, 0) is 4.74 Å². The molecule has 3 nitrogen and oxygen atoms in total. The van der Waals surface area contributed by atoms with Crippen molar-refractivity contribution >= 4 is 6.09 Å². The molecule has 0 radical (unpaired) electrons. The Morgan fingerprint density at radius 2 is 1.72 bits per heavy atom. The molecule has 100 valence electrons. The van der Waals surface area contributed by atoms with Gasteiger partial charge in [0.2, 0.25) is 0 Å². The van der Waals surface area contributed by atoms with E-state index in [-0.39, 0.29) is 23.7 Å². The fourth-order valence-corrected chi connectivity index (χ4v) is 1.38. The van der Waals surface area contributed by atoms with Gasteiger partial charge in [-0.3, -0.25) is 0 Å². The van der Waals surface area contributed by atoms with Crippen LogP contribution in [0, 0.1) is 5.41 Å². The summed E-state index contributed by atoms with van der Waals surface area (Å²) in [7, 11) is 0. The Hall–Kier alpha value is -1.51. The topological polar surface area (TPSA) is 38.3 Å². The number of rotatable bonds is 3. The van der Waals surface area contributed by atoms with Gasteiger partial charge in [-0.25, -0.2) is 4.79 Å². The lowest BCUT2D eigenvalue weighted by molar-refractivity contribution is 0.0981. The van der Waals surface area contributed by atoms with Gasteiger partial charge >= 0.3 is 6.09 Å². The Balaban J connectivity index is 2.51. The average Bonchev–Trinajstić information content (AvgIpc) is 2.28. The zero-order chi connectivity index (χ0) is 13.8. The minimum atomic E-state index is -0.367. The van der Waals surface area contributed by atoms with E-state index in [2.05, 4.69) is 26.1 Å². The van der Waals surface area contributed by atoms with E-state index in [0.29, 0.717) is 0 Å². The molecule has 1 rings (SSSR count). The Morgan fingerprint density at radius 1 is 1.17 bits per heavy atom. The Labute approximate surface area is 110 Å². The molecule has 1 N–H and O–H groups in total. The first-order valence-corrected chi connectivity index (χ1v) is 6.33. The summed E-state index contributed by atoms with van der Waals surface area (Å²) >= 11 is 0. The largest absolute Gasteiger partial charge is 0.442 e. The highest BCUT2D eigenvalue weighted by atomic mass is 16.6. The maximum atomic E-state index is 11.8. The van der Waals surface area contributed by atoms with E-state index in [4.69, 9.17) is 4.74 Å². The lowest BCUT2D eigenvalue weighted by Crippen LogP contribution is -2.41. The molecule has 0 aliphatic carbocycles. The third-order valence-electron chi connectivity index (χ3n) is 3.19. The molecule has 2 atom stereocenters. The van der Waals surface area contributed by atoms with Crippen LogP contribution in [-0.4, -0.2) is 12.1 Å². The second kappa shape index (κ2) is 5.89. The second-order valence-corrected chi connectivity index (χ2v) is 5.69. The van der Waals surface area contributed by atoms with Crippen molar-refractivity contribution < 1.29 is 9.53 Å². The van der Waals surface area contributed by atoms with Gasteiger partial charge in [-0.2, -0.15) is 0 Å². The molecule has 1 amide bonds. The van der Waals surface area contributed by atoms with Gasteiger partial charge in [0.1, 0.15) is 6.10 Å². The summed E-state index contributed by atoms with van der Waals surface area (Å²) in [5.74, 6) is 0. The number of nitrogens with one attached hydrogen (secondary N) is 1. The standard InChI is InChI=1S/C15H23NO2/c1-11(13-9-7-6-8-10-13)18-14(17)16-12(2)15(3,4)5/h6-12H,1-5H3,(H,16,17). The van der Waals surface area contributed by atoms with Crippen molar-refractivity contribution in [2.75, 3.05) is 0 Å². The van der Waals surface area contributed by atoms with Gasteiger partial charge in [-0.05, 0) is 24.8 Å². The van der Waals surface area contributed by atoms with Gasteiger partial charge in [-0.15, -0.1) is 0 Å². The number of hydrogen-bond donors (Lipinski definition) is 1. The van der Waals surface area contributed by atoms with E-state index >= 15 is 0 Å². The van der Waals surface area contributed by atoms with Crippen molar-refractivity contribution in [1.82, 2.24) is 5.32 Å². The van der Waals surface area contributed by atoms with Crippen molar-refractivity contribution in [2.24, 2.45) is 5.41 Å². The van der Waals surface area contributed by atoms with Crippen LogP contribution in [0.4, 0.5) is 4.79 Å². The number of ether oxygens (including phenoxy) is 1. The van der Waals surface area contributed by atoms with Gasteiger partial charge < -0.3 is 10.1 Å². The minimum Gasteiger partial charge on any atom is -0.442 e. The third-order valence-corrected chi connectivity index (χ3v) is 3.19. The smallest absolute Gasteiger partial charge is 0.407 e. The monoisotopic (exact) mass is 249 g/mol. The molecule has 18 heavy (non-hydrogen) atoms. The van der Waals surface area contributed by atoms with Crippen molar-refractivity contribution in [3.63, 3.8) is 0 Å². The van der Waals surface area contributed by atoms with E-state index < -0.39 is 0 Å². The molecule has 3 heteroatoms. The van der Waals surface area contributed by atoms with Crippen molar-refractivity contribution in [2.45, 2.75) is 46.8 Å². The van der Waals surface area contributed by atoms with Gasteiger partial charge in [-0.1, -0.05) is 51.1 Å². The molecule has 0 spiro atoms. The molecule has 0 fully saturated rings. The Bertz CT molecular complexity index is 381. The summed E-state index contributed by atoms with van der Waals surface area (Å²) in [6.07, 6.45) is -0.604. The second-order valence-electron chi connectivity index (χ2n) is 5.69. The number of hydrogen-bond acceptors (Lipinski definition) is 2. The molecule has 0 heterocycles. The first kappa shape index (κ1) is 14.6. The number of amides is 1. The maximum absolute atomic E-state index is 11.8. The van der Waals surface area contributed by atoms with Crippen LogP contribution in [0.25, 0.3) is 0 Å². The number of benzene rings is 1. The Morgan fingerprint density at radius 3 is 2.22 bits per heavy atom. The van der Waals surface area contributed by atoms with Crippen LogP contribution in [0.1, 0.15) is 46.3 Å². The molecule has 2 unspecified atom stereocenters. The van der Waals surface area contributed by atoms with Crippen LogP contribution < -0.4 is 5.32 Å². The fourth-order valence-electron chi connectivity index (χ4n) is 1.38. The third kappa shape index (κ3) is 4.40. The van der Waals surface area contributed by atoms with E-state index in [9.17, 15) is 4.79 Å². The van der Waals surface area contributed by atoms with Crippen molar-refractivity contribution in [3.8, 4) is 0 Å². The predicted molar refractivity (Wildman–Crippen MR) is 73.4 cm³/mol. The van der Waals surface area contributed by atoms with Crippen molar-refractivity contribution in [1.29, 1.82) is 0 Å². The zero-order valence-electron chi connectivity index (χ0n) is 11.9. The summed E-state index contributed by atoms with van der Waals surface area (Å²) in [4.78, 5) is 11.8. The van der Waals surface area contributed by atoms with E-state index in [0.717, 1.165) is 5.56 Å². The molecular formula is C15H23NO2. The summed E-state index contributed by atoms with van der Waals surface area (Å²) in [5, 5.41) is 2.86. The van der Waals surface area contributed by atoms with Gasteiger partial charge in [0.15, 0.2) is 0 Å². The molecule has 0 saturated carbocycles. The molecule has 0 aliphatic rings. The lowest BCUT2D eigenvalue weighted by Gasteiger charge is -2.28. The zero-order valence-corrected chi connectivity index (χ0v) is 11.9. The highest BCUT2D eigenvalue weighted by Gasteiger charge is 2.23. The van der Waals surface area contributed by atoms with Crippen LogP contribution in [0.2, 0.25) is 0 Å². The van der Waals surface area contributed by atoms with Gasteiger partial charge in [0.25, 0.3) is 0 Å². The molecule has 0 bridgehead atoms. The minimum absolute atomic E-state index is 0.0228. The molecule has 0 aromatic heterocycles. The highest BCUT2D eigenvalue weighted by Crippen LogP contribution is 2.20.